The highest BCUT2D eigenvalue weighted by Gasteiger charge is 2.16. The molecule has 0 aliphatic carbocycles. The molecular formula is C19H26N2O3S. The lowest BCUT2D eigenvalue weighted by Crippen LogP contribution is -2.28. The molecule has 25 heavy (non-hydrogen) atoms. The van der Waals surface area contributed by atoms with Crippen LogP contribution in [0.5, 0.6) is 5.75 Å². The number of sulfonamides is 1. The fourth-order valence-electron chi connectivity index (χ4n) is 2.81. The number of anilines is 1. The van der Waals surface area contributed by atoms with Crippen LogP contribution in [0.3, 0.4) is 0 Å². The number of methoxy groups -OCH3 is 1. The quantitative estimate of drug-likeness (QED) is 0.733. The van der Waals surface area contributed by atoms with E-state index in [0.717, 1.165) is 35.5 Å². The monoisotopic (exact) mass is 362 g/mol. The van der Waals surface area contributed by atoms with E-state index in [1.165, 1.54) is 0 Å². The van der Waals surface area contributed by atoms with Crippen molar-refractivity contribution >= 4 is 15.7 Å². The van der Waals surface area contributed by atoms with Gasteiger partial charge in [0.25, 0.3) is 0 Å². The summed E-state index contributed by atoms with van der Waals surface area (Å²) in [7, 11) is 0.0714. The first-order valence-corrected chi connectivity index (χ1v) is 9.74. The largest absolute Gasteiger partial charge is 0.496 e. The van der Waals surface area contributed by atoms with E-state index in [0.29, 0.717) is 6.54 Å². The Hall–Kier alpha value is -2.05. The molecule has 2 aromatic carbocycles. The van der Waals surface area contributed by atoms with E-state index in [-0.39, 0.29) is 4.90 Å². The number of aryl methyl sites for hydroxylation is 2. The maximum absolute atomic E-state index is 12.5. The normalized spacial score (nSPS) is 11.4. The van der Waals surface area contributed by atoms with E-state index in [1.807, 2.05) is 51.2 Å². The minimum absolute atomic E-state index is 0.278. The summed E-state index contributed by atoms with van der Waals surface area (Å²) in [5.74, 6) is 0.725. The molecule has 0 aromatic heterocycles. The van der Waals surface area contributed by atoms with Crippen LogP contribution < -0.4 is 14.4 Å². The van der Waals surface area contributed by atoms with E-state index in [2.05, 4.69) is 9.62 Å². The summed E-state index contributed by atoms with van der Waals surface area (Å²) in [5, 5.41) is 0. The Morgan fingerprint density at radius 2 is 1.68 bits per heavy atom. The summed E-state index contributed by atoms with van der Waals surface area (Å²) in [5.41, 5.74) is 2.74. The average Bonchev–Trinajstić information content (AvgIpc) is 2.59. The van der Waals surface area contributed by atoms with Crippen LogP contribution in [0.15, 0.2) is 47.4 Å². The molecular weight excluding hydrogens is 336 g/mol. The molecule has 0 radical (unpaired) electrons. The Bertz CT molecular complexity index is 782. The van der Waals surface area contributed by atoms with Crippen LogP contribution in [0.1, 0.15) is 17.5 Å². The fraction of sp³-hybridized carbons (Fsp3) is 0.368. The standard InChI is InChI=1S/C19H26N2O3S/c1-15-13-18(14-16(2)19(15)24-4)25(22,23)20-11-8-12-21(3)17-9-6-5-7-10-17/h5-7,9-10,13-14,20H,8,11-12H2,1-4H3. The van der Waals surface area contributed by atoms with Crippen LogP contribution in [0.4, 0.5) is 5.69 Å². The third kappa shape index (κ3) is 4.96. The molecule has 0 unspecified atom stereocenters. The van der Waals surface area contributed by atoms with Gasteiger partial charge in [-0.05, 0) is 55.7 Å². The van der Waals surface area contributed by atoms with Crippen LogP contribution in [-0.4, -0.2) is 35.7 Å². The van der Waals surface area contributed by atoms with Gasteiger partial charge in [0, 0.05) is 25.8 Å². The van der Waals surface area contributed by atoms with Gasteiger partial charge in [0.2, 0.25) is 10.0 Å². The Morgan fingerprint density at radius 3 is 2.24 bits per heavy atom. The Morgan fingerprint density at radius 1 is 1.08 bits per heavy atom. The number of nitrogens with zero attached hydrogens (tertiary/aromatic N) is 1. The highest BCUT2D eigenvalue weighted by molar-refractivity contribution is 7.89. The number of hydrogen-bond donors (Lipinski definition) is 1. The van der Waals surface area contributed by atoms with Crippen molar-refractivity contribution in [3.63, 3.8) is 0 Å². The number of rotatable bonds is 8. The first-order valence-electron chi connectivity index (χ1n) is 8.26. The van der Waals surface area contributed by atoms with Crippen LogP contribution in [-0.2, 0) is 10.0 Å². The topological polar surface area (TPSA) is 58.6 Å². The van der Waals surface area contributed by atoms with Gasteiger partial charge in [-0.15, -0.1) is 0 Å². The predicted octanol–water partition coefficient (Wildman–Crippen LogP) is 3.12. The smallest absolute Gasteiger partial charge is 0.240 e. The van der Waals surface area contributed by atoms with Crippen molar-refractivity contribution in [2.24, 2.45) is 0 Å². The molecule has 0 bridgehead atoms. The van der Waals surface area contributed by atoms with Crippen LogP contribution in [0.2, 0.25) is 0 Å². The molecule has 136 valence electrons. The molecule has 0 heterocycles. The number of hydrogen-bond acceptors (Lipinski definition) is 4. The van der Waals surface area contributed by atoms with Gasteiger partial charge in [-0.1, -0.05) is 18.2 Å². The molecule has 0 saturated heterocycles. The van der Waals surface area contributed by atoms with Gasteiger partial charge in [-0.2, -0.15) is 0 Å². The van der Waals surface area contributed by atoms with Crippen molar-refractivity contribution in [3.05, 3.63) is 53.6 Å². The number of benzene rings is 2. The van der Waals surface area contributed by atoms with Crippen LogP contribution in [0, 0.1) is 13.8 Å². The van der Waals surface area contributed by atoms with Gasteiger partial charge in [-0.25, -0.2) is 13.1 Å². The Labute approximate surface area is 150 Å². The first-order chi connectivity index (χ1) is 11.8. The summed E-state index contributed by atoms with van der Waals surface area (Å²) < 4.78 is 32.9. The van der Waals surface area contributed by atoms with Crippen molar-refractivity contribution in [2.75, 3.05) is 32.1 Å². The lowest BCUT2D eigenvalue weighted by atomic mass is 10.1. The number of para-hydroxylation sites is 1. The highest BCUT2D eigenvalue weighted by Crippen LogP contribution is 2.26. The lowest BCUT2D eigenvalue weighted by molar-refractivity contribution is 0.408. The molecule has 0 spiro atoms. The van der Waals surface area contributed by atoms with Crippen molar-refractivity contribution < 1.29 is 13.2 Å². The zero-order chi connectivity index (χ0) is 18.4. The second-order valence-electron chi connectivity index (χ2n) is 6.10. The van der Waals surface area contributed by atoms with Gasteiger partial charge in [0.05, 0.1) is 12.0 Å². The number of ether oxygens (including phenoxy) is 1. The fourth-order valence-corrected chi connectivity index (χ4v) is 4.05. The summed E-state index contributed by atoms with van der Waals surface area (Å²) in [4.78, 5) is 2.38. The van der Waals surface area contributed by atoms with Crippen molar-refractivity contribution in [1.82, 2.24) is 4.72 Å². The average molecular weight is 362 g/mol. The highest BCUT2D eigenvalue weighted by atomic mass is 32.2. The molecule has 2 rings (SSSR count). The zero-order valence-electron chi connectivity index (χ0n) is 15.2. The maximum Gasteiger partial charge on any atom is 0.240 e. The van der Waals surface area contributed by atoms with E-state index in [9.17, 15) is 8.42 Å². The van der Waals surface area contributed by atoms with Crippen molar-refractivity contribution in [1.29, 1.82) is 0 Å². The minimum Gasteiger partial charge on any atom is -0.496 e. The second kappa shape index (κ2) is 8.36. The van der Waals surface area contributed by atoms with Gasteiger partial charge in [0.15, 0.2) is 0 Å². The Balaban J connectivity index is 1.94. The molecule has 0 atom stereocenters. The molecule has 0 aliphatic rings. The van der Waals surface area contributed by atoms with Gasteiger partial charge < -0.3 is 9.64 Å². The summed E-state index contributed by atoms with van der Waals surface area (Å²) in [6, 6.07) is 13.3. The molecule has 0 saturated carbocycles. The Kier molecular flexibility index (Phi) is 6.45. The molecule has 1 N–H and O–H groups in total. The van der Waals surface area contributed by atoms with Gasteiger partial charge in [0.1, 0.15) is 5.75 Å². The van der Waals surface area contributed by atoms with E-state index in [4.69, 9.17) is 4.74 Å². The van der Waals surface area contributed by atoms with Crippen molar-refractivity contribution in [2.45, 2.75) is 25.2 Å². The minimum atomic E-state index is -3.52. The third-order valence-corrected chi connectivity index (χ3v) is 5.55. The third-order valence-electron chi connectivity index (χ3n) is 4.11. The van der Waals surface area contributed by atoms with E-state index >= 15 is 0 Å². The van der Waals surface area contributed by atoms with Gasteiger partial charge in [-0.3, -0.25) is 0 Å². The zero-order valence-corrected chi connectivity index (χ0v) is 16.1. The second-order valence-corrected chi connectivity index (χ2v) is 7.87. The van der Waals surface area contributed by atoms with E-state index in [1.54, 1.807) is 19.2 Å². The summed E-state index contributed by atoms with van der Waals surface area (Å²) in [6.07, 6.45) is 0.721. The summed E-state index contributed by atoms with van der Waals surface area (Å²) >= 11 is 0. The predicted molar refractivity (Wildman–Crippen MR) is 102 cm³/mol. The molecule has 0 fully saturated rings. The van der Waals surface area contributed by atoms with Crippen LogP contribution in [0.25, 0.3) is 0 Å². The molecule has 5 nitrogen and oxygen atoms in total. The molecule has 6 heteroatoms. The molecule has 0 aliphatic heterocycles. The number of nitrogens with one attached hydrogen (secondary N) is 1. The summed E-state index contributed by atoms with van der Waals surface area (Å²) in [6.45, 7) is 4.86. The molecule has 2 aromatic rings. The molecule has 0 amide bonds. The first kappa shape index (κ1) is 19.3. The van der Waals surface area contributed by atoms with Crippen molar-refractivity contribution in [3.8, 4) is 5.75 Å². The van der Waals surface area contributed by atoms with Gasteiger partial charge >= 0.3 is 0 Å². The maximum atomic E-state index is 12.5. The lowest BCUT2D eigenvalue weighted by Gasteiger charge is -2.19. The SMILES string of the molecule is COc1c(C)cc(S(=O)(=O)NCCCN(C)c2ccccc2)cc1C. The van der Waals surface area contributed by atoms with Crippen LogP contribution >= 0.6 is 0 Å². The van der Waals surface area contributed by atoms with E-state index < -0.39 is 10.0 Å².